The normalized spacial score (nSPS) is 11.9. The molecule has 18 heavy (non-hydrogen) atoms. The summed E-state index contributed by atoms with van der Waals surface area (Å²) in [7, 11) is 1.26. The molecule has 1 rings (SSSR count). The molecule has 0 aliphatic rings. The van der Waals surface area contributed by atoms with Crippen molar-refractivity contribution in [3.63, 3.8) is 0 Å². The van der Waals surface area contributed by atoms with Gasteiger partial charge in [0.2, 0.25) is 0 Å². The lowest BCUT2D eigenvalue weighted by Crippen LogP contribution is -2.42. The van der Waals surface area contributed by atoms with Crippen LogP contribution in [0.2, 0.25) is 0 Å². The minimum Gasteiger partial charge on any atom is -0.479 e. The average molecular weight is 257 g/mol. The zero-order valence-corrected chi connectivity index (χ0v) is 10.1. The molecule has 1 atom stereocenters. The number of carboxylic acids is 1. The fraction of sp³-hybridized carbons (Fsp3) is 0.500. The Morgan fingerprint density at radius 2 is 2.28 bits per heavy atom. The first-order valence-electron chi connectivity index (χ1n) is 5.22. The molecule has 8 nitrogen and oxygen atoms in total. The van der Waals surface area contributed by atoms with Crippen molar-refractivity contribution < 1.29 is 24.0 Å². The van der Waals surface area contributed by atoms with E-state index < -0.39 is 18.1 Å². The van der Waals surface area contributed by atoms with Crippen LogP contribution >= 0.6 is 0 Å². The number of amides is 2. The molecule has 0 radical (unpaired) electrons. The number of aryl methyl sites for hydroxylation is 1. The van der Waals surface area contributed by atoms with Crippen LogP contribution in [0, 0.1) is 6.92 Å². The highest BCUT2D eigenvalue weighted by Gasteiger charge is 2.16. The molecule has 2 amide bonds. The summed E-state index contributed by atoms with van der Waals surface area (Å²) in [5.41, 5.74) is 0.587. The largest absolute Gasteiger partial charge is 0.479 e. The first-order valence-corrected chi connectivity index (χ1v) is 5.22. The van der Waals surface area contributed by atoms with Crippen LogP contribution in [0.5, 0.6) is 0 Å². The van der Waals surface area contributed by atoms with E-state index in [2.05, 4.69) is 20.5 Å². The number of hydrogen-bond acceptors (Lipinski definition) is 5. The molecule has 1 aromatic rings. The molecular weight excluding hydrogens is 242 g/mol. The zero-order chi connectivity index (χ0) is 13.5. The van der Waals surface area contributed by atoms with E-state index in [0.717, 1.165) is 0 Å². The number of rotatable bonds is 6. The van der Waals surface area contributed by atoms with Crippen molar-refractivity contribution in [1.82, 2.24) is 15.8 Å². The van der Waals surface area contributed by atoms with Crippen molar-refractivity contribution in [3.05, 3.63) is 17.5 Å². The van der Waals surface area contributed by atoms with E-state index >= 15 is 0 Å². The summed E-state index contributed by atoms with van der Waals surface area (Å²) in [6, 6.07) is 1.19. The maximum atomic E-state index is 11.3. The third-order valence-corrected chi connectivity index (χ3v) is 2.11. The quantitative estimate of drug-likeness (QED) is 0.654. The third kappa shape index (κ3) is 4.42. The van der Waals surface area contributed by atoms with Gasteiger partial charge in [-0.1, -0.05) is 5.16 Å². The molecule has 0 aliphatic heterocycles. The predicted octanol–water partition coefficient (Wildman–Crippen LogP) is -0.118. The molecule has 100 valence electrons. The van der Waals surface area contributed by atoms with Gasteiger partial charge in [-0.15, -0.1) is 0 Å². The molecule has 0 saturated carbocycles. The summed E-state index contributed by atoms with van der Waals surface area (Å²) in [6.07, 6.45) is -1.06. The highest BCUT2D eigenvalue weighted by Crippen LogP contribution is 2.00. The fourth-order valence-electron chi connectivity index (χ4n) is 1.19. The predicted molar refractivity (Wildman–Crippen MR) is 59.9 cm³/mol. The van der Waals surface area contributed by atoms with Gasteiger partial charge in [-0.05, 0) is 6.92 Å². The van der Waals surface area contributed by atoms with Crippen LogP contribution in [-0.4, -0.2) is 42.0 Å². The minimum absolute atomic E-state index is 0.116. The Labute approximate surface area is 103 Å². The number of carboxylic acid groups (broad SMARTS) is 1. The Morgan fingerprint density at radius 1 is 1.56 bits per heavy atom. The van der Waals surface area contributed by atoms with Crippen LogP contribution in [-0.2, 0) is 16.1 Å². The highest BCUT2D eigenvalue weighted by atomic mass is 16.5. The summed E-state index contributed by atoms with van der Waals surface area (Å²) >= 11 is 0. The first kappa shape index (κ1) is 14.0. The number of methoxy groups -OCH3 is 1. The lowest BCUT2D eigenvalue weighted by atomic mass is 10.3. The molecule has 1 heterocycles. The summed E-state index contributed by atoms with van der Waals surface area (Å²) in [5.74, 6) is -0.484. The second-order valence-corrected chi connectivity index (χ2v) is 3.56. The van der Waals surface area contributed by atoms with Crippen molar-refractivity contribution in [2.24, 2.45) is 0 Å². The second-order valence-electron chi connectivity index (χ2n) is 3.56. The second kappa shape index (κ2) is 6.60. The van der Waals surface area contributed by atoms with Gasteiger partial charge in [0.1, 0.15) is 11.5 Å². The van der Waals surface area contributed by atoms with Gasteiger partial charge in [-0.3, -0.25) is 0 Å². The minimum atomic E-state index is -1.13. The van der Waals surface area contributed by atoms with Crippen molar-refractivity contribution in [2.75, 3.05) is 13.7 Å². The Hall–Kier alpha value is -2.09. The molecule has 0 aromatic carbocycles. The zero-order valence-electron chi connectivity index (χ0n) is 10.1. The Bertz CT molecular complexity index is 417. The molecular formula is C10H15N3O5. The third-order valence-electron chi connectivity index (χ3n) is 2.11. The molecule has 3 N–H and O–H groups in total. The van der Waals surface area contributed by atoms with E-state index in [0.29, 0.717) is 11.5 Å². The fourth-order valence-corrected chi connectivity index (χ4v) is 1.19. The summed E-state index contributed by atoms with van der Waals surface area (Å²) in [5, 5.41) is 17.3. The van der Waals surface area contributed by atoms with Gasteiger partial charge in [0.25, 0.3) is 0 Å². The lowest BCUT2D eigenvalue weighted by Gasteiger charge is -2.11. The smallest absolute Gasteiger partial charge is 0.334 e. The van der Waals surface area contributed by atoms with Gasteiger partial charge in [-0.25, -0.2) is 9.59 Å². The maximum absolute atomic E-state index is 11.3. The van der Waals surface area contributed by atoms with Crippen LogP contribution in [0.4, 0.5) is 4.79 Å². The number of aliphatic carboxylic acids is 1. The van der Waals surface area contributed by atoms with Crippen LogP contribution in [0.15, 0.2) is 10.6 Å². The maximum Gasteiger partial charge on any atom is 0.334 e. The van der Waals surface area contributed by atoms with Crippen LogP contribution < -0.4 is 10.6 Å². The van der Waals surface area contributed by atoms with Gasteiger partial charge in [0.05, 0.1) is 13.1 Å². The summed E-state index contributed by atoms with van der Waals surface area (Å²) in [6.45, 7) is 1.83. The molecule has 0 bridgehead atoms. The Balaban J connectivity index is 2.27. The Kier molecular flexibility index (Phi) is 5.12. The van der Waals surface area contributed by atoms with Crippen molar-refractivity contribution in [2.45, 2.75) is 19.6 Å². The van der Waals surface area contributed by atoms with E-state index in [1.54, 1.807) is 13.0 Å². The number of hydrogen-bond donors (Lipinski definition) is 3. The molecule has 0 fully saturated rings. The van der Waals surface area contributed by atoms with E-state index in [-0.39, 0.29) is 13.1 Å². The SMILES string of the molecule is COC(CNC(=O)NCc1cc(C)on1)C(=O)O. The van der Waals surface area contributed by atoms with Gasteiger partial charge >= 0.3 is 12.0 Å². The van der Waals surface area contributed by atoms with Gasteiger partial charge in [-0.2, -0.15) is 0 Å². The molecule has 0 saturated heterocycles. The molecule has 8 heteroatoms. The van der Waals surface area contributed by atoms with E-state index in [1.807, 2.05) is 0 Å². The molecule has 1 aromatic heterocycles. The highest BCUT2D eigenvalue weighted by molar-refractivity contribution is 5.76. The number of nitrogens with zero attached hydrogens (tertiary/aromatic N) is 1. The van der Waals surface area contributed by atoms with Gasteiger partial charge in [0.15, 0.2) is 6.10 Å². The lowest BCUT2D eigenvalue weighted by molar-refractivity contribution is -0.147. The summed E-state index contributed by atoms with van der Waals surface area (Å²) in [4.78, 5) is 21.9. The van der Waals surface area contributed by atoms with Crippen LogP contribution in [0.3, 0.4) is 0 Å². The van der Waals surface area contributed by atoms with E-state index in [9.17, 15) is 9.59 Å². The van der Waals surface area contributed by atoms with Crippen molar-refractivity contribution in [1.29, 1.82) is 0 Å². The number of nitrogens with one attached hydrogen (secondary N) is 2. The average Bonchev–Trinajstić information content (AvgIpc) is 2.73. The number of carbonyl (C=O) groups is 2. The van der Waals surface area contributed by atoms with Gasteiger partial charge in [0, 0.05) is 13.2 Å². The van der Waals surface area contributed by atoms with Crippen LogP contribution in [0.1, 0.15) is 11.5 Å². The first-order chi connectivity index (χ1) is 8.52. The number of urea groups is 1. The standard InChI is InChI=1S/C10H15N3O5/c1-6-3-7(13-18-6)4-11-10(16)12-5-8(17-2)9(14)15/h3,8H,4-5H2,1-2H3,(H,14,15)(H2,11,12,16). The number of carbonyl (C=O) groups excluding carboxylic acids is 1. The summed E-state index contributed by atoms with van der Waals surface area (Å²) < 4.78 is 9.48. The van der Waals surface area contributed by atoms with E-state index in [4.69, 9.17) is 9.63 Å². The number of aromatic nitrogens is 1. The van der Waals surface area contributed by atoms with E-state index in [1.165, 1.54) is 7.11 Å². The van der Waals surface area contributed by atoms with Crippen molar-refractivity contribution >= 4 is 12.0 Å². The molecule has 1 unspecified atom stereocenters. The number of ether oxygens (including phenoxy) is 1. The monoisotopic (exact) mass is 257 g/mol. The van der Waals surface area contributed by atoms with Crippen LogP contribution in [0.25, 0.3) is 0 Å². The van der Waals surface area contributed by atoms with Gasteiger partial charge < -0.3 is 25.0 Å². The van der Waals surface area contributed by atoms with Crippen molar-refractivity contribution in [3.8, 4) is 0 Å². The Morgan fingerprint density at radius 3 is 2.78 bits per heavy atom. The topological polar surface area (TPSA) is 114 Å². The molecule has 0 spiro atoms. The molecule has 0 aliphatic carbocycles.